The van der Waals surface area contributed by atoms with Crippen LogP contribution in [0.25, 0.3) is 0 Å². The zero-order chi connectivity index (χ0) is 12.4. The lowest BCUT2D eigenvalue weighted by Gasteiger charge is -2.32. The summed E-state index contributed by atoms with van der Waals surface area (Å²) in [5.41, 5.74) is 0.863. The van der Waals surface area contributed by atoms with Crippen LogP contribution in [-0.2, 0) is 11.3 Å². The quantitative estimate of drug-likeness (QED) is 0.747. The number of amides is 1. The van der Waals surface area contributed by atoms with Crippen molar-refractivity contribution in [2.24, 2.45) is 0 Å². The van der Waals surface area contributed by atoms with Gasteiger partial charge >= 0.3 is 4.87 Å². The first-order valence-corrected chi connectivity index (χ1v) is 6.57. The van der Waals surface area contributed by atoms with Crippen LogP contribution in [0.15, 0.2) is 10.2 Å². The van der Waals surface area contributed by atoms with Gasteiger partial charge in [0.15, 0.2) is 0 Å². The van der Waals surface area contributed by atoms with Crippen LogP contribution >= 0.6 is 11.3 Å². The molecule has 0 saturated carbocycles. The second-order valence-electron chi connectivity index (χ2n) is 4.41. The summed E-state index contributed by atoms with van der Waals surface area (Å²) in [7, 11) is 2.05. The number of aryl methyl sites for hydroxylation is 1. The Hall–Kier alpha value is -1.14. The van der Waals surface area contributed by atoms with Crippen molar-refractivity contribution in [3.63, 3.8) is 0 Å². The van der Waals surface area contributed by atoms with Crippen LogP contribution in [0.5, 0.6) is 0 Å². The Morgan fingerprint density at radius 1 is 1.35 bits per heavy atom. The molecular formula is C11H17N3O2S. The molecule has 2 heterocycles. The van der Waals surface area contributed by atoms with Gasteiger partial charge in [-0.3, -0.25) is 14.2 Å². The smallest absolute Gasteiger partial charge is 0.307 e. The fraction of sp³-hybridized carbons (Fsp3) is 0.636. The van der Waals surface area contributed by atoms with Crippen LogP contribution in [-0.4, -0.2) is 53.5 Å². The Bertz CT molecular complexity index is 458. The third-order valence-electron chi connectivity index (χ3n) is 3.13. The Morgan fingerprint density at radius 2 is 2.00 bits per heavy atom. The topological polar surface area (TPSA) is 45.6 Å². The second-order valence-corrected chi connectivity index (χ2v) is 5.23. The van der Waals surface area contributed by atoms with Crippen molar-refractivity contribution in [3.8, 4) is 0 Å². The summed E-state index contributed by atoms with van der Waals surface area (Å²) < 4.78 is 1.55. The SMILES string of the molecule is Cc1csc(=O)n1CC(=O)N1CCN(C)CC1. The van der Waals surface area contributed by atoms with Crippen LogP contribution in [0, 0.1) is 6.92 Å². The van der Waals surface area contributed by atoms with Crippen LogP contribution in [0.2, 0.25) is 0 Å². The van der Waals surface area contributed by atoms with Crippen LogP contribution in [0.3, 0.4) is 0 Å². The summed E-state index contributed by atoms with van der Waals surface area (Å²) in [5, 5.41) is 1.79. The maximum absolute atomic E-state index is 12.0. The third-order valence-corrected chi connectivity index (χ3v) is 4.01. The number of thiazole rings is 1. The van der Waals surface area contributed by atoms with Crippen LogP contribution in [0.4, 0.5) is 0 Å². The highest BCUT2D eigenvalue weighted by atomic mass is 32.1. The molecule has 1 amide bonds. The number of carbonyl (C=O) groups is 1. The van der Waals surface area contributed by atoms with E-state index in [1.807, 2.05) is 11.8 Å². The number of hydrogen-bond acceptors (Lipinski definition) is 4. The number of nitrogens with zero attached hydrogens (tertiary/aromatic N) is 3. The van der Waals surface area contributed by atoms with Crippen molar-refractivity contribution in [3.05, 3.63) is 20.7 Å². The maximum atomic E-state index is 12.0. The number of rotatable bonds is 2. The fourth-order valence-electron chi connectivity index (χ4n) is 1.89. The molecule has 0 aliphatic carbocycles. The normalized spacial score (nSPS) is 17.4. The first kappa shape index (κ1) is 12.3. The van der Waals surface area contributed by atoms with Crippen molar-refractivity contribution in [2.75, 3.05) is 33.2 Å². The molecular weight excluding hydrogens is 238 g/mol. The molecule has 0 N–H and O–H groups in total. The average Bonchev–Trinajstić information content (AvgIpc) is 2.61. The Labute approximate surface area is 104 Å². The summed E-state index contributed by atoms with van der Waals surface area (Å²) in [5.74, 6) is 0.0432. The predicted octanol–water partition coefficient (Wildman–Crippen LogP) is -0.00778. The second kappa shape index (κ2) is 5.01. The molecule has 1 aliphatic rings. The van der Waals surface area contributed by atoms with Gasteiger partial charge in [0, 0.05) is 37.3 Å². The number of piperazine rings is 1. The van der Waals surface area contributed by atoms with E-state index in [2.05, 4.69) is 11.9 Å². The van der Waals surface area contributed by atoms with Crippen molar-refractivity contribution in [1.82, 2.24) is 14.4 Å². The molecule has 1 aromatic heterocycles. The molecule has 1 aliphatic heterocycles. The lowest BCUT2D eigenvalue weighted by atomic mass is 10.3. The maximum Gasteiger partial charge on any atom is 0.307 e. The standard InChI is InChI=1S/C11H17N3O2S/c1-9-8-17-11(16)14(9)7-10(15)13-5-3-12(2)4-6-13/h8H,3-7H2,1-2H3. The molecule has 0 unspecified atom stereocenters. The minimum absolute atomic E-state index is 0.0432. The van der Waals surface area contributed by atoms with Gasteiger partial charge in [-0.1, -0.05) is 11.3 Å². The van der Waals surface area contributed by atoms with Crippen molar-refractivity contribution in [2.45, 2.75) is 13.5 Å². The lowest BCUT2D eigenvalue weighted by molar-refractivity contribution is -0.133. The predicted molar refractivity (Wildman–Crippen MR) is 67.4 cm³/mol. The average molecular weight is 255 g/mol. The van der Waals surface area contributed by atoms with E-state index in [0.717, 1.165) is 43.2 Å². The van der Waals surface area contributed by atoms with E-state index < -0.39 is 0 Å². The number of likely N-dealkylation sites (N-methyl/N-ethyl adjacent to an activating group) is 1. The molecule has 0 bridgehead atoms. The molecule has 6 heteroatoms. The number of hydrogen-bond donors (Lipinski definition) is 0. The van der Waals surface area contributed by atoms with E-state index in [4.69, 9.17) is 0 Å². The molecule has 94 valence electrons. The minimum Gasteiger partial charge on any atom is -0.339 e. The molecule has 0 radical (unpaired) electrons. The summed E-state index contributed by atoms with van der Waals surface area (Å²) in [6.07, 6.45) is 0. The highest BCUT2D eigenvalue weighted by molar-refractivity contribution is 7.07. The number of aromatic nitrogens is 1. The molecule has 0 aromatic carbocycles. The first-order valence-electron chi connectivity index (χ1n) is 5.69. The molecule has 1 saturated heterocycles. The molecule has 1 fully saturated rings. The van der Waals surface area contributed by atoms with Gasteiger partial charge in [0.25, 0.3) is 0 Å². The highest BCUT2D eigenvalue weighted by Gasteiger charge is 2.20. The largest absolute Gasteiger partial charge is 0.339 e. The number of carbonyl (C=O) groups excluding carboxylic acids is 1. The van der Waals surface area contributed by atoms with Crippen LogP contribution in [0.1, 0.15) is 5.69 Å². The molecule has 2 rings (SSSR count). The van der Waals surface area contributed by atoms with Gasteiger partial charge < -0.3 is 9.80 Å². The Balaban J connectivity index is 2.00. The van der Waals surface area contributed by atoms with Crippen molar-refractivity contribution < 1.29 is 4.79 Å². The molecule has 17 heavy (non-hydrogen) atoms. The third kappa shape index (κ3) is 2.76. The van der Waals surface area contributed by atoms with Gasteiger partial charge in [0.2, 0.25) is 5.91 Å². The Morgan fingerprint density at radius 3 is 2.53 bits per heavy atom. The van der Waals surface area contributed by atoms with E-state index >= 15 is 0 Å². The van der Waals surface area contributed by atoms with Crippen LogP contribution < -0.4 is 4.87 Å². The van der Waals surface area contributed by atoms with Gasteiger partial charge in [-0.05, 0) is 14.0 Å². The molecule has 0 atom stereocenters. The van der Waals surface area contributed by atoms with Crippen molar-refractivity contribution >= 4 is 17.2 Å². The van der Waals surface area contributed by atoms with Gasteiger partial charge in [-0.15, -0.1) is 0 Å². The Kier molecular flexibility index (Phi) is 3.63. The lowest BCUT2D eigenvalue weighted by Crippen LogP contribution is -2.48. The zero-order valence-electron chi connectivity index (χ0n) is 10.2. The molecule has 0 spiro atoms. The minimum atomic E-state index is -0.0509. The van der Waals surface area contributed by atoms with Gasteiger partial charge in [0.05, 0.1) is 0 Å². The monoisotopic (exact) mass is 255 g/mol. The zero-order valence-corrected chi connectivity index (χ0v) is 11.0. The van der Waals surface area contributed by atoms with Crippen molar-refractivity contribution in [1.29, 1.82) is 0 Å². The summed E-state index contributed by atoms with van der Waals surface area (Å²) in [6, 6.07) is 0. The summed E-state index contributed by atoms with van der Waals surface area (Å²) in [6.45, 7) is 5.36. The van der Waals surface area contributed by atoms with E-state index in [-0.39, 0.29) is 17.3 Å². The molecule has 1 aromatic rings. The summed E-state index contributed by atoms with van der Waals surface area (Å²) >= 11 is 1.15. The van der Waals surface area contributed by atoms with E-state index in [1.165, 1.54) is 0 Å². The van der Waals surface area contributed by atoms with Gasteiger partial charge in [-0.2, -0.15) is 0 Å². The molecule has 5 nitrogen and oxygen atoms in total. The summed E-state index contributed by atoms with van der Waals surface area (Å²) in [4.78, 5) is 27.5. The van der Waals surface area contributed by atoms with Gasteiger partial charge in [-0.25, -0.2) is 0 Å². The van der Waals surface area contributed by atoms with Gasteiger partial charge in [0.1, 0.15) is 6.54 Å². The van der Waals surface area contributed by atoms with E-state index in [9.17, 15) is 9.59 Å². The fourth-order valence-corrected chi connectivity index (χ4v) is 2.62. The van der Waals surface area contributed by atoms with E-state index in [1.54, 1.807) is 9.95 Å². The first-order chi connectivity index (χ1) is 8.08. The van der Waals surface area contributed by atoms with E-state index in [0.29, 0.717) is 0 Å². The highest BCUT2D eigenvalue weighted by Crippen LogP contribution is 2.04.